The van der Waals surface area contributed by atoms with E-state index in [0.717, 1.165) is 28.1 Å². The summed E-state index contributed by atoms with van der Waals surface area (Å²) in [6, 6.07) is 16.5. The molecule has 0 aliphatic carbocycles. The Labute approximate surface area is 192 Å². The minimum absolute atomic E-state index is 0.0869. The zero-order valence-electron chi connectivity index (χ0n) is 19.3. The van der Waals surface area contributed by atoms with Crippen molar-refractivity contribution in [1.29, 1.82) is 0 Å². The number of rotatable bonds is 7. The van der Waals surface area contributed by atoms with Crippen molar-refractivity contribution in [2.45, 2.75) is 39.8 Å². The predicted octanol–water partition coefficient (Wildman–Crippen LogP) is 4.08. The molecule has 0 aliphatic heterocycles. The van der Waals surface area contributed by atoms with Crippen molar-refractivity contribution < 1.29 is 9.53 Å². The Balaban J connectivity index is 1.67. The van der Waals surface area contributed by atoms with Crippen molar-refractivity contribution in [3.63, 3.8) is 0 Å². The fourth-order valence-electron chi connectivity index (χ4n) is 4.34. The molecular weight excluding hydrogens is 416 g/mol. The van der Waals surface area contributed by atoms with E-state index in [1.807, 2.05) is 79.9 Å². The van der Waals surface area contributed by atoms with E-state index in [-0.39, 0.29) is 11.5 Å². The summed E-state index contributed by atoms with van der Waals surface area (Å²) in [5.41, 5.74) is 3.13. The molecular formula is C26H28N4O3. The first-order valence-corrected chi connectivity index (χ1v) is 11.0. The molecule has 1 N–H and O–H groups in total. The summed E-state index contributed by atoms with van der Waals surface area (Å²) < 4.78 is 8.56. The minimum atomic E-state index is -0.430. The number of nitrogens with one attached hydrogen (secondary N) is 1. The Bertz CT molecular complexity index is 1340. The van der Waals surface area contributed by atoms with Crippen molar-refractivity contribution in [1.82, 2.24) is 19.7 Å². The average molecular weight is 445 g/mol. The zero-order valence-corrected chi connectivity index (χ0v) is 19.3. The molecule has 0 saturated heterocycles. The lowest BCUT2D eigenvalue weighted by atomic mass is 10.1. The third kappa shape index (κ3) is 4.14. The van der Waals surface area contributed by atoms with Gasteiger partial charge in [0.25, 0.3) is 5.56 Å². The van der Waals surface area contributed by atoms with Gasteiger partial charge >= 0.3 is 0 Å². The van der Waals surface area contributed by atoms with Gasteiger partial charge in [0.1, 0.15) is 11.8 Å². The number of aromatic nitrogens is 3. The van der Waals surface area contributed by atoms with Gasteiger partial charge in [-0.25, -0.2) is 0 Å². The molecule has 7 nitrogen and oxygen atoms in total. The van der Waals surface area contributed by atoms with E-state index in [4.69, 9.17) is 4.74 Å². The molecule has 0 aliphatic rings. The summed E-state index contributed by atoms with van der Waals surface area (Å²) >= 11 is 0. The van der Waals surface area contributed by atoms with E-state index in [0.29, 0.717) is 24.0 Å². The summed E-state index contributed by atoms with van der Waals surface area (Å²) in [6.45, 7) is 6.22. The number of nitrogens with zero attached hydrogens (tertiary/aromatic N) is 3. The van der Waals surface area contributed by atoms with Crippen molar-refractivity contribution >= 4 is 16.7 Å². The van der Waals surface area contributed by atoms with Crippen LogP contribution in [0.1, 0.15) is 36.3 Å². The van der Waals surface area contributed by atoms with Crippen LogP contribution in [0.25, 0.3) is 16.5 Å². The third-order valence-corrected chi connectivity index (χ3v) is 6.08. The lowest BCUT2D eigenvalue weighted by molar-refractivity contribution is -0.124. The number of fused-ring (bicyclic) bond motifs is 1. The molecule has 1 amide bonds. The van der Waals surface area contributed by atoms with Gasteiger partial charge in [0.15, 0.2) is 0 Å². The molecule has 0 saturated carbocycles. The quantitative estimate of drug-likeness (QED) is 0.466. The predicted molar refractivity (Wildman–Crippen MR) is 129 cm³/mol. The van der Waals surface area contributed by atoms with Crippen LogP contribution >= 0.6 is 0 Å². The fraction of sp³-hybridized carbons (Fsp3) is 0.269. The standard InChI is InChI=1S/C26H28N4O3/c1-5-23(25(31)27-15-19-11-13-21(33-4)14-12-19)29-17(2)22-16-28-30(20-9-7-6-8-10-20)26(32)24(22)18(29)3/h6-14,16,23H,5,15H2,1-4H3,(H,27,31)/t23-/m1/s1. The smallest absolute Gasteiger partial charge is 0.281 e. The Morgan fingerprint density at radius 1 is 1.06 bits per heavy atom. The number of carbonyl (C=O) groups is 1. The van der Waals surface area contributed by atoms with Crippen molar-refractivity contribution in [2.75, 3.05) is 7.11 Å². The lowest BCUT2D eigenvalue weighted by Gasteiger charge is -2.21. The van der Waals surface area contributed by atoms with Gasteiger partial charge < -0.3 is 14.6 Å². The average Bonchev–Trinajstić information content (AvgIpc) is 3.10. The van der Waals surface area contributed by atoms with Crippen LogP contribution in [0.5, 0.6) is 5.75 Å². The molecule has 7 heteroatoms. The molecule has 1 atom stereocenters. The molecule has 4 aromatic rings. The molecule has 2 aromatic heterocycles. The second-order valence-electron chi connectivity index (χ2n) is 8.02. The van der Waals surface area contributed by atoms with Crippen LogP contribution in [-0.4, -0.2) is 27.4 Å². The van der Waals surface area contributed by atoms with Crippen molar-refractivity contribution in [3.8, 4) is 11.4 Å². The van der Waals surface area contributed by atoms with Gasteiger partial charge in [0.05, 0.1) is 24.4 Å². The van der Waals surface area contributed by atoms with Crippen LogP contribution < -0.4 is 15.6 Å². The number of amides is 1. The van der Waals surface area contributed by atoms with E-state index in [1.165, 1.54) is 4.68 Å². The minimum Gasteiger partial charge on any atom is -0.497 e. The molecule has 2 heterocycles. The Hall–Kier alpha value is -3.87. The number of ether oxygens (including phenoxy) is 1. The largest absolute Gasteiger partial charge is 0.497 e. The summed E-state index contributed by atoms with van der Waals surface area (Å²) in [6.07, 6.45) is 2.31. The third-order valence-electron chi connectivity index (χ3n) is 6.08. The van der Waals surface area contributed by atoms with Gasteiger partial charge in [-0.15, -0.1) is 0 Å². The van der Waals surface area contributed by atoms with Crippen LogP contribution in [-0.2, 0) is 11.3 Å². The number of carbonyl (C=O) groups excluding carboxylic acids is 1. The summed E-state index contributed by atoms with van der Waals surface area (Å²) in [5.74, 6) is 0.688. The zero-order chi connectivity index (χ0) is 23.5. The highest BCUT2D eigenvalue weighted by Gasteiger charge is 2.25. The van der Waals surface area contributed by atoms with E-state index in [9.17, 15) is 9.59 Å². The Morgan fingerprint density at radius 2 is 1.76 bits per heavy atom. The van der Waals surface area contributed by atoms with Crippen LogP contribution in [0.3, 0.4) is 0 Å². The highest BCUT2D eigenvalue weighted by Crippen LogP contribution is 2.28. The van der Waals surface area contributed by atoms with Gasteiger partial charge in [-0.05, 0) is 50.1 Å². The van der Waals surface area contributed by atoms with Crippen LogP contribution in [0, 0.1) is 13.8 Å². The lowest BCUT2D eigenvalue weighted by Crippen LogP contribution is -2.32. The maximum atomic E-state index is 13.3. The van der Waals surface area contributed by atoms with Crippen molar-refractivity contribution in [2.24, 2.45) is 0 Å². The normalized spacial score (nSPS) is 12.0. The van der Waals surface area contributed by atoms with Gasteiger partial charge in [0.2, 0.25) is 5.91 Å². The SMILES string of the molecule is CC[C@H](C(=O)NCc1ccc(OC)cc1)n1c(C)c2cnn(-c3ccccc3)c(=O)c2c1C. The molecule has 33 heavy (non-hydrogen) atoms. The summed E-state index contributed by atoms with van der Waals surface area (Å²) in [7, 11) is 1.62. The number of methoxy groups -OCH3 is 1. The van der Waals surface area contributed by atoms with E-state index in [2.05, 4.69) is 10.4 Å². The Morgan fingerprint density at radius 3 is 2.39 bits per heavy atom. The fourth-order valence-corrected chi connectivity index (χ4v) is 4.34. The first-order valence-electron chi connectivity index (χ1n) is 11.0. The molecule has 0 unspecified atom stereocenters. The van der Waals surface area contributed by atoms with Gasteiger partial charge in [-0.1, -0.05) is 37.3 Å². The van der Waals surface area contributed by atoms with Crippen molar-refractivity contribution in [3.05, 3.63) is 88.1 Å². The second kappa shape index (κ2) is 9.32. The molecule has 0 bridgehead atoms. The molecule has 2 aromatic carbocycles. The molecule has 4 rings (SSSR count). The topological polar surface area (TPSA) is 78.2 Å². The number of aryl methyl sites for hydroxylation is 2. The van der Waals surface area contributed by atoms with Crippen LogP contribution in [0.15, 0.2) is 65.6 Å². The first kappa shape index (κ1) is 22.3. The second-order valence-corrected chi connectivity index (χ2v) is 8.02. The maximum absolute atomic E-state index is 13.3. The van der Waals surface area contributed by atoms with Gasteiger partial charge in [0, 0.05) is 23.3 Å². The highest BCUT2D eigenvalue weighted by molar-refractivity contribution is 5.89. The monoisotopic (exact) mass is 444 g/mol. The van der Waals surface area contributed by atoms with Gasteiger partial charge in [-0.2, -0.15) is 9.78 Å². The van der Waals surface area contributed by atoms with E-state index in [1.54, 1.807) is 13.3 Å². The molecule has 0 spiro atoms. The maximum Gasteiger partial charge on any atom is 0.281 e. The van der Waals surface area contributed by atoms with E-state index >= 15 is 0 Å². The summed E-state index contributed by atoms with van der Waals surface area (Å²) in [5, 5.41) is 8.79. The first-order chi connectivity index (χ1) is 16.0. The van der Waals surface area contributed by atoms with Gasteiger partial charge in [-0.3, -0.25) is 9.59 Å². The molecule has 0 radical (unpaired) electrons. The number of hydrogen-bond acceptors (Lipinski definition) is 4. The molecule has 0 fully saturated rings. The number of benzene rings is 2. The number of hydrogen-bond donors (Lipinski definition) is 1. The van der Waals surface area contributed by atoms with Crippen LogP contribution in [0.4, 0.5) is 0 Å². The number of para-hydroxylation sites is 1. The van der Waals surface area contributed by atoms with E-state index < -0.39 is 6.04 Å². The molecule has 170 valence electrons. The Kier molecular flexibility index (Phi) is 6.31. The highest BCUT2D eigenvalue weighted by atomic mass is 16.5. The summed E-state index contributed by atoms with van der Waals surface area (Å²) in [4.78, 5) is 26.5. The van der Waals surface area contributed by atoms with Crippen LogP contribution in [0.2, 0.25) is 0 Å².